The summed E-state index contributed by atoms with van der Waals surface area (Å²) in [7, 11) is 2.15. The number of hydrogen-bond donors (Lipinski definition) is 1. The van der Waals surface area contributed by atoms with E-state index >= 15 is 0 Å². The first kappa shape index (κ1) is 33.0. The van der Waals surface area contributed by atoms with Gasteiger partial charge in [-0.3, -0.25) is 4.79 Å². The number of carbonyl (C=O) groups is 1. The van der Waals surface area contributed by atoms with Crippen LogP contribution in [0.3, 0.4) is 0 Å². The number of anilines is 1. The number of piperidine rings is 1. The normalized spacial score (nSPS) is 14.5. The van der Waals surface area contributed by atoms with Crippen LogP contribution in [0.15, 0.2) is 101 Å². The van der Waals surface area contributed by atoms with Gasteiger partial charge in [-0.25, -0.2) is 4.98 Å². The minimum atomic E-state index is -3.96. The SMILES string of the molecule is CN(C(=O)CCN1CCC(N(C)C)CC1)c1ccc(-c2cnc3[nH]c4ccc(OS(=O)(=O)c5cccs5)cc4c3c2-c2ccccc2)cc1. The van der Waals surface area contributed by atoms with Crippen LogP contribution in [-0.4, -0.2) is 80.9 Å². The van der Waals surface area contributed by atoms with Gasteiger partial charge in [-0.05, 0) is 92.9 Å². The van der Waals surface area contributed by atoms with E-state index in [1.807, 2.05) is 61.8 Å². The van der Waals surface area contributed by atoms with Gasteiger partial charge < -0.3 is 23.9 Å². The van der Waals surface area contributed by atoms with Crippen LogP contribution in [0.5, 0.6) is 5.75 Å². The average molecular weight is 694 g/mol. The minimum Gasteiger partial charge on any atom is -0.378 e. The van der Waals surface area contributed by atoms with E-state index in [1.165, 1.54) is 6.07 Å². The number of fused-ring (bicyclic) bond motifs is 3. The number of H-pyrrole nitrogens is 1. The number of aromatic nitrogens is 2. The van der Waals surface area contributed by atoms with Crippen molar-refractivity contribution >= 4 is 55.0 Å². The fourth-order valence-corrected chi connectivity index (χ4v) is 8.55. The van der Waals surface area contributed by atoms with E-state index in [2.05, 4.69) is 41.0 Å². The molecule has 1 fully saturated rings. The van der Waals surface area contributed by atoms with E-state index < -0.39 is 10.1 Å². The predicted molar refractivity (Wildman–Crippen MR) is 198 cm³/mol. The van der Waals surface area contributed by atoms with Crippen LogP contribution in [0.25, 0.3) is 44.2 Å². The molecule has 0 atom stereocenters. The molecule has 11 heteroatoms. The molecule has 1 amide bonds. The summed E-state index contributed by atoms with van der Waals surface area (Å²) in [6, 6.07) is 27.1. The monoisotopic (exact) mass is 693 g/mol. The van der Waals surface area contributed by atoms with Gasteiger partial charge in [-0.1, -0.05) is 48.5 Å². The van der Waals surface area contributed by atoms with Crippen molar-refractivity contribution in [3.05, 3.63) is 96.5 Å². The van der Waals surface area contributed by atoms with Crippen LogP contribution < -0.4 is 9.08 Å². The van der Waals surface area contributed by atoms with Crippen molar-refractivity contribution < 1.29 is 17.4 Å². The Hall–Kier alpha value is -4.55. The van der Waals surface area contributed by atoms with Gasteiger partial charge in [0.15, 0.2) is 4.21 Å². The second-order valence-electron chi connectivity index (χ2n) is 12.7. The number of nitrogens with one attached hydrogen (secondary N) is 1. The number of amides is 1. The van der Waals surface area contributed by atoms with Gasteiger partial charge in [0.05, 0.1) is 0 Å². The predicted octanol–water partition coefficient (Wildman–Crippen LogP) is 7.26. The number of thiophene rings is 1. The maximum absolute atomic E-state index is 13.2. The Morgan fingerprint density at radius 3 is 2.41 bits per heavy atom. The first-order valence-electron chi connectivity index (χ1n) is 16.4. The molecule has 0 radical (unpaired) electrons. The van der Waals surface area contributed by atoms with Crippen LogP contribution in [0.1, 0.15) is 19.3 Å². The van der Waals surface area contributed by atoms with Crippen LogP contribution in [0.2, 0.25) is 0 Å². The van der Waals surface area contributed by atoms with Crippen molar-refractivity contribution in [1.29, 1.82) is 0 Å². The van der Waals surface area contributed by atoms with Gasteiger partial charge in [0, 0.05) is 65.4 Å². The molecule has 1 N–H and O–H groups in total. The number of rotatable bonds is 10. The summed E-state index contributed by atoms with van der Waals surface area (Å²) in [6.07, 6.45) is 4.61. The number of carbonyl (C=O) groups excluding carboxylic acids is 1. The van der Waals surface area contributed by atoms with Gasteiger partial charge in [0.2, 0.25) is 5.91 Å². The largest absolute Gasteiger partial charge is 0.378 e. The van der Waals surface area contributed by atoms with Crippen LogP contribution in [-0.2, 0) is 14.9 Å². The molecule has 49 heavy (non-hydrogen) atoms. The summed E-state index contributed by atoms with van der Waals surface area (Å²) in [6.45, 7) is 2.82. The highest BCUT2D eigenvalue weighted by atomic mass is 32.3. The maximum Gasteiger partial charge on any atom is 0.348 e. The number of pyridine rings is 1. The van der Waals surface area contributed by atoms with Crippen LogP contribution in [0, 0.1) is 0 Å². The summed E-state index contributed by atoms with van der Waals surface area (Å²) < 4.78 is 31.6. The molecule has 1 aliphatic heterocycles. The van der Waals surface area contributed by atoms with Gasteiger partial charge >= 0.3 is 10.1 Å². The fourth-order valence-electron chi connectivity index (χ4n) is 6.67. The zero-order chi connectivity index (χ0) is 34.1. The van der Waals surface area contributed by atoms with Crippen molar-refractivity contribution in [3.63, 3.8) is 0 Å². The second kappa shape index (κ2) is 13.8. The Morgan fingerprint density at radius 1 is 0.959 bits per heavy atom. The van der Waals surface area contributed by atoms with Crippen molar-refractivity contribution in [2.75, 3.05) is 45.7 Å². The van der Waals surface area contributed by atoms with Gasteiger partial charge in [-0.15, -0.1) is 11.3 Å². The third-order valence-electron chi connectivity index (χ3n) is 9.47. The summed E-state index contributed by atoms with van der Waals surface area (Å²) in [5.74, 6) is 0.315. The van der Waals surface area contributed by atoms with Gasteiger partial charge in [0.25, 0.3) is 0 Å². The molecule has 0 bridgehead atoms. The Balaban J connectivity index is 1.18. The smallest absolute Gasteiger partial charge is 0.348 e. The molecule has 3 aromatic carbocycles. The summed E-state index contributed by atoms with van der Waals surface area (Å²) >= 11 is 1.12. The number of likely N-dealkylation sites (tertiary alicyclic amines) is 1. The average Bonchev–Trinajstić information content (AvgIpc) is 3.80. The summed E-state index contributed by atoms with van der Waals surface area (Å²) in [5.41, 5.74) is 6.15. The quantitative estimate of drug-likeness (QED) is 0.151. The second-order valence-corrected chi connectivity index (χ2v) is 15.4. The standard InChI is InChI=1S/C38H39N5O4S2/c1-41(2)28-17-20-43(21-18-28)22-19-34(44)42(3)29-13-11-26(12-14-29)32-25-39-38-37(36(32)27-8-5-4-6-9-27)31-24-30(15-16-33(31)40-38)47-49(45,46)35-10-7-23-48-35/h4-16,23-25,28H,17-22H2,1-3H3,(H,39,40). The molecule has 4 heterocycles. The Morgan fingerprint density at radius 2 is 1.71 bits per heavy atom. The van der Waals surface area contributed by atoms with Gasteiger partial charge in [-0.2, -0.15) is 8.42 Å². The molecular formula is C38H39N5O4S2. The molecule has 6 aromatic rings. The fraction of sp³-hybridized carbons (Fsp3) is 0.263. The highest BCUT2D eigenvalue weighted by Crippen LogP contribution is 2.42. The van der Waals surface area contributed by atoms with Gasteiger partial charge in [0.1, 0.15) is 11.4 Å². The minimum absolute atomic E-state index is 0.0912. The third-order valence-corrected chi connectivity index (χ3v) is 12.1. The zero-order valence-electron chi connectivity index (χ0n) is 27.8. The van der Waals surface area contributed by atoms with Crippen molar-refractivity contribution in [1.82, 2.24) is 19.8 Å². The lowest BCUT2D eigenvalue weighted by Gasteiger charge is -2.35. The van der Waals surface area contributed by atoms with E-state index in [-0.39, 0.29) is 15.9 Å². The molecule has 9 nitrogen and oxygen atoms in total. The molecule has 3 aromatic heterocycles. The number of nitrogens with zero attached hydrogens (tertiary/aromatic N) is 4. The Kier molecular flexibility index (Phi) is 9.25. The van der Waals surface area contributed by atoms with Crippen molar-refractivity contribution in [2.45, 2.75) is 29.5 Å². The van der Waals surface area contributed by atoms with E-state index in [0.717, 1.165) is 88.0 Å². The number of aromatic amines is 1. The molecule has 0 saturated carbocycles. The Labute approximate surface area is 290 Å². The lowest BCUT2D eigenvalue weighted by Crippen LogP contribution is -2.43. The first-order chi connectivity index (χ1) is 23.7. The first-order valence-corrected chi connectivity index (χ1v) is 18.7. The van der Waals surface area contributed by atoms with E-state index in [4.69, 9.17) is 9.17 Å². The summed E-state index contributed by atoms with van der Waals surface area (Å²) in [5, 5.41) is 3.37. The third kappa shape index (κ3) is 6.84. The van der Waals surface area contributed by atoms with E-state index in [9.17, 15) is 13.2 Å². The molecular weight excluding hydrogens is 655 g/mol. The highest BCUT2D eigenvalue weighted by molar-refractivity contribution is 7.89. The lowest BCUT2D eigenvalue weighted by atomic mass is 9.92. The van der Waals surface area contributed by atoms with E-state index in [1.54, 1.807) is 28.5 Å². The molecule has 0 aliphatic carbocycles. The van der Waals surface area contributed by atoms with Crippen LogP contribution in [0.4, 0.5) is 5.69 Å². The molecule has 1 saturated heterocycles. The lowest BCUT2D eigenvalue weighted by molar-refractivity contribution is -0.118. The highest BCUT2D eigenvalue weighted by Gasteiger charge is 2.23. The molecule has 1 aliphatic rings. The molecule has 252 valence electrons. The summed E-state index contributed by atoms with van der Waals surface area (Å²) in [4.78, 5) is 27.8. The topological polar surface area (TPSA) is 98.8 Å². The number of hydrogen-bond acceptors (Lipinski definition) is 8. The molecule has 0 unspecified atom stereocenters. The van der Waals surface area contributed by atoms with Crippen molar-refractivity contribution in [3.8, 4) is 28.0 Å². The molecule has 0 spiro atoms. The van der Waals surface area contributed by atoms with E-state index in [0.29, 0.717) is 18.1 Å². The molecule has 7 rings (SSSR count). The number of benzene rings is 3. The maximum atomic E-state index is 13.2. The van der Waals surface area contributed by atoms with Crippen molar-refractivity contribution in [2.24, 2.45) is 0 Å². The zero-order valence-corrected chi connectivity index (χ0v) is 29.4. The Bertz CT molecular complexity index is 2190. The van der Waals surface area contributed by atoms with Crippen LogP contribution >= 0.6 is 11.3 Å².